The molecule has 9 rings (SSSR count). The molecule has 0 saturated carbocycles. The monoisotopic (exact) mass is 660 g/mol. The zero-order chi connectivity index (χ0) is 35.3. The van der Waals surface area contributed by atoms with Crippen LogP contribution in [0.1, 0.15) is 5.56 Å². The maximum atomic E-state index is 9.78. The Morgan fingerprint density at radius 3 is 1.65 bits per heavy atom. The van der Waals surface area contributed by atoms with Crippen molar-refractivity contribution >= 4 is 60.7 Å². The summed E-state index contributed by atoms with van der Waals surface area (Å²) in [6.07, 6.45) is 0. The summed E-state index contributed by atoms with van der Waals surface area (Å²) in [7, 11) is 0. The molecule has 0 fully saturated rings. The molecule has 0 radical (unpaired) electrons. The topological polar surface area (TPSA) is 46.7 Å². The van der Waals surface area contributed by atoms with Crippen LogP contribution in [0.5, 0.6) is 0 Å². The van der Waals surface area contributed by atoms with Gasteiger partial charge >= 0.3 is 0 Å². The van der Waals surface area contributed by atoms with Crippen LogP contribution >= 0.6 is 0 Å². The van der Waals surface area contributed by atoms with E-state index in [4.69, 9.17) is 19.7 Å². The van der Waals surface area contributed by atoms with Gasteiger partial charge in [-0.25, -0.2) is 14.5 Å². The summed E-state index contributed by atoms with van der Waals surface area (Å²) in [4.78, 5) is 11.4. The molecule has 6 heteroatoms. The van der Waals surface area contributed by atoms with Crippen LogP contribution in [0.15, 0.2) is 146 Å². The second-order valence-electron chi connectivity index (χ2n) is 12.6. The molecule has 0 aliphatic carbocycles. The van der Waals surface area contributed by atoms with Gasteiger partial charge in [0, 0.05) is 22.1 Å². The molecule has 0 saturated heterocycles. The first-order chi connectivity index (χ1) is 25.6. The number of nitriles is 1. The second-order valence-corrected chi connectivity index (χ2v) is 12.6. The van der Waals surface area contributed by atoms with E-state index in [-0.39, 0.29) is 0 Å². The van der Waals surface area contributed by atoms with Gasteiger partial charge in [-0.1, -0.05) is 66.7 Å². The average Bonchev–Trinajstić information content (AvgIpc) is 3.72. The molecule has 0 N–H and O–H groups in total. The standard InChI is InChI=1S/C46H24N6/c1-48-33-15-19-45-40(25-33)41-26-34(49-2)16-20-46(41)52(45)36-23-31(30-10-8-9-29(21-30)28-47)22-32(24-36)39-27-35(17-18-42(39)50-3)51-43-13-6-4-11-37(43)38-12-5-7-14-44(38)51/h4-27H. The lowest BCUT2D eigenvalue weighted by Crippen LogP contribution is -1.97. The molecular weight excluding hydrogens is 637 g/mol. The van der Waals surface area contributed by atoms with E-state index in [2.05, 4.69) is 90.4 Å². The molecule has 0 spiro atoms. The molecule has 0 aliphatic rings. The lowest BCUT2D eigenvalue weighted by molar-refractivity contribution is 1.18. The zero-order valence-electron chi connectivity index (χ0n) is 27.5. The van der Waals surface area contributed by atoms with Crippen molar-refractivity contribution in [1.29, 1.82) is 5.26 Å². The highest BCUT2D eigenvalue weighted by atomic mass is 15.0. The first kappa shape index (κ1) is 30.2. The quantitative estimate of drug-likeness (QED) is 0.173. The van der Waals surface area contributed by atoms with Crippen molar-refractivity contribution in [3.63, 3.8) is 0 Å². The van der Waals surface area contributed by atoms with Crippen molar-refractivity contribution in [2.75, 3.05) is 0 Å². The Morgan fingerprint density at radius 2 is 1.04 bits per heavy atom. The predicted octanol–water partition coefficient (Wildman–Crippen LogP) is 12.7. The fourth-order valence-corrected chi connectivity index (χ4v) is 7.44. The van der Waals surface area contributed by atoms with Gasteiger partial charge in [0.1, 0.15) is 0 Å². The third-order valence-corrected chi connectivity index (χ3v) is 9.74. The Kier molecular flexibility index (Phi) is 6.91. The first-order valence-electron chi connectivity index (χ1n) is 16.6. The molecule has 7 aromatic carbocycles. The molecule has 238 valence electrons. The third-order valence-electron chi connectivity index (χ3n) is 9.74. The van der Waals surface area contributed by atoms with Gasteiger partial charge in [-0.3, -0.25) is 0 Å². The number of rotatable bonds is 4. The van der Waals surface area contributed by atoms with Crippen LogP contribution in [0.2, 0.25) is 0 Å². The first-order valence-corrected chi connectivity index (χ1v) is 16.6. The van der Waals surface area contributed by atoms with Gasteiger partial charge in [0.25, 0.3) is 0 Å². The Labute approximate surface area is 299 Å². The maximum Gasteiger partial charge on any atom is 0.195 e. The fraction of sp³-hybridized carbons (Fsp3) is 0. The summed E-state index contributed by atoms with van der Waals surface area (Å²) in [5.41, 5.74) is 11.2. The van der Waals surface area contributed by atoms with Gasteiger partial charge < -0.3 is 9.13 Å². The molecule has 0 aliphatic heterocycles. The highest BCUT2D eigenvalue weighted by Gasteiger charge is 2.18. The average molecular weight is 661 g/mol. The molecule has 2 heterocycles. The van der Waals surface area contributed by atoms with E-state index in [1.165, 1.54) is 0 Å². The van der Waals surface area contributed by atoms with Gasteiger partial charge in [-0.2, -0.15) is 5.26 Å². The van der Waals surface area contributed by atoms with Gasteiger partial charge in [0.05, 0.1) is 53.4 Å². The highest BCUT2D eigenvalue weighted by molar-refractivity contribution is 6.12. The lowest BCUT2D eigenvalue weighted by Gasteiger charge is -2.16. The highest BCUT2D eigenvalue weighted by Crippen LogP contribution is 2.42. The molecule has 9 aromatic rings. The number of hydrogen-bond donors (Lipinski definition) is 0. The van der Waals surface area contributed by atoms with Gasteiger partial charge in [0.2, 0.25) is 0 Å². The van der Waals surface area contributed by atoms with Crippen LogP contribution < -0.4 is 0 Å². The summed E-state index contributed by atoms with van der Waals surface area (Å²) in [6.45, 7) is 23.6. The van der Waals surface area contributed by atoms with Crippen molar-refractivity contribution < 1.29 is 0 Å². The largest absolute Gasteiger partial charge is 0.309 e. The molecule has 6 nitrogen and oxygen atoms in total. The van der Waals surface area contributed by atoms with Gasteiger partial charge in [-0.05, 0) is 112 Å². The minimum absolute atomic E-state index is 0.518. The van der Waals surface area contributed by atoms with Crippen LogP contribution in [0.25, 0.3) is 91.8 Å². The van der Waals surface area contributed by atoms with Crippen LogP contribution in [-0.2, 0) is 0 Å². The van der Waals surface area contributed by atoms with Gasteiger partial charge in [-0.15, -0.1) is 0 Å². The Hall–Kier alpha value is -7.90. The smallest absolute Gasteiger partial charge is 0.195 e. The zero-order valence-corrected chi connectivity index (χ0v) is 27.5. The number of benzene rings is 7. The summed E-state index contributed by atoms with van der Waals surface area (Å²) in [5.74, 6) is 0. The Balaban J connectivity index is 1.35. The Bertz CT molecular complexity index is 3010. The minimum atomic E-state index is 0.518. The second kappa shape index (κ2) is 11.9. The van der Waals surface area contributed by atoms with Crippen molar-refractivity contribution in [3.05, 3.63) is 185 Å². The van der Waals surface area contributed by atoms with Gasteiger partial charge in [0.15, 0.2) is 17.1 Å². The summed E-state index contributed by atoms with van der Waals surface area (Å²) >= 11 is 0. The third kappa shape index (κ3) is 4.69. The van der Waals surface area contributed by atoms with Crippen molar-refractivity contribution in [2.24, 2.45) is 0 Å². The van der Waals surface area contributed by atoms with E-state index in [1.807, 2.05) is 78.9 Å². The van der Waals surface area contributed by atoms with E-state index in [0.29, 0.717) is 22.6 Å². The molecule has 0 unspecified atom stereocenters. The fourth-order valence-electron chi connectivity index (χ4n) is 7.44. The van der Waals surface area contributed by atoms with Crippen LogP contribution in [0.3, 0.4) is 0 Å². The van der Waals surface area contributed by atoms with E-state index in [1.54, 1.807) is 6.07 Å². The van der Waals surface area contributed by atoms with E-state index >= 15 is 0 Å². The predicted molar refractivity (Wildman–Crippen MR) is 209 cm³/mol. The lowest BCUT2D eigenvalue weighted by atomic mass is 9.95. The summed E-state index contributed by atoms with van der Waals surface area (Å²) in [6, 6.07) is 50.1. The molecule has 0 bridgehead atoms. The SMILES string of the molecule is [C-]#[N+]c1ccc2c(c1)c1cc([N+]#[C-])ccc1n2-c1cc(-c2cccc(C#N)c2)cc(-c2cc(-n3c4ccccc4c4ccccc43)ccc2[N+]#[C-])c1. The molecular formula is C46H24N6. The summed E-state index contributed by atoms with van der Waals surface area (Å²) < 4.78 is 4.40. The van der Waals surface area contributed by atoms with Crippen LogP contribution in [-0.4, -0.2) is 9.13 Å². The number of hydrogen-bond acceptors (Lipinski definition) is 1. The van der Waals surface area contributed by atoms with Crippen LogP contribution in [0, 0.1) is 31.0 Å². The van der Waals surface area contributed by atoms with Crippen molar-refractivity contribution in [1.82, 2.24) is 9.13 Å². The molecule has 52 heavy (non-hydrogen) atoms. The number of aromatic nitrogens is 2. The minimum Gasteiger partial charge on any atom is -0.309 e. The molecule has 0 amide bonds. The summed E-state index contributed by atoms with van der Waals surface area (Å²) in [5, 5.41) is 13.8. The molecule has 2 aromatic heterocycles. The number of nitrogens with zero attached hydrogens (tertiary/aromatic N) is 6. The number of para-hydroxylation sites is 2. The normalized spacial score (nSPS) is 11.0. The van der Waals surface area contributed by atoms with E-state index in [9.17, 15) is 5.26 Å². The van der Waals surface area contributed by atoms with Crippen molar-refractivity contribution in [2.45, 2.75) is 0 Å². The van der Waals surface area contributed by atoms with E-state index < -0.39 is 0 Å². The van der Waals surface area contributed by atoms with E-state index in [0.717, 1.165) is 77.2 Å². The number of fused-ring (bicyclic) bond motifs is 6. The van der Waals surface area contributed by atoms with Crippen molar-refractivity contribution in [3.8, 4) is 39.7 Å². The molecule has 0 atom stereocenters. The van der Waals surface area contributed by atoms with Crippen LogP contribution in [0.4, 0.5) is 17.1 Å². The Morgan fingerprint density at radius 1 is 0.442 bits per heavy atom. The maximum absolute atomic E-state index is 9.78.